The normalized spacial score (nSPS) is 11.5. The molecule has 30 heavy (non-hydrogen) atoms. The lowest BCUT2D eigenvalue weighted by atomic mass is 10.0. The monoisotopic (exact) mass is 420 g/mol. The fourth-order valence-corrected chi connectivity index (χ4v) is 3.98. The van der Waals surface area contributed by atoms with Gasteiger partial charge >= 0.3 is 5.97 Å². The number of carboxylic acids is 1. The van der Waals surface area contributed by atoms with Crippen molar-refractivity contribution >= 4 is 44.2 Å². The lowest BCUT2D eigenvalue weighted by Gasteiger charge is -2.22. The minimum atomic E-state index is -1.41. The van der Waals surface area contributed by atoms with Crippen LogP contribution in [0.2, 0.25) is 0 Å². The number of para-hydroxylation sites is 1. The van der Waals surface area contributed by atoms with Gasteiger partial charge in [-0.25, -0.2) is 9.78 Å². The Morgan fingerprint density at radius 1 is 1.07 bits per heavy atom. The molecule has 152 valence electrons. The van der Waals surface area contributed by atoms with Crippen molar-refractivity contribution in [3.8, 4) is 5.75 Å². The highest BCUT2D eigenvalue weighted by molar-refractivity contribution is 7.18. The van der Waals surface area contributed by atoms with Crippen LogP contribution in [0.5, 0.6) is 5.75 Å². The number of hydrogen-bond donors (Lipinski definition) is 2. The molecule has 4 aromatic rings. The van der Waals surface area contributed by atoms with Gasteiger partial charge in [0.05, 0.1) is 15.8 Å². The second-order valence-electron chi connectivity index (χ2n) is 7.41. The van der Waals surface area contributed by atoms with Crippen molar-refractivity contribution in [2.75, 3.05) is 0 Å². The number of nitrogens with one attached hydrogen (secondary N) is 1. The zero-order valence-electron chi connectivity index (χ0n) is 16.5. The Hall–Kier alpha value is -3.45. The lowest BCUT2D eigenvalue weighted by Crippen LogP contribution is -2.49. The molecule has 4 rings (SSSR count). The average Bonchev–Trinajstić information content (AvgIpc) is 3.14. The van der Waals surface area contributed by atoms with E-state index in [0.29, 0.717) is 5.75 Å². The van der Waals surface area contributed by atoms with Crippen molar-refractivity contribution in [2.45, 2.75) is 26.0 Å². The maximum absolute atomic E-state index is 12.9. The number of rotatable bonds is 6. The third kappa shape index (κ3) is 3.84. The summed E-state index contributed by atoms with van der Waals surface area (Å²) >= 11 is 1.54. The van der Waals surface area contributed by atoms with E-state index in [1.165, 1.54) is 25.2 Å². The zero-order chi connectivity index (χ0) is 21.3. The zero-order valence-corrected chi connectivity index (χ0v) is 17.3. The number of carbonyl (C=O) groups is 2. The molecule has 6 nitrogen and oxygen atoms in total. The third-order valence-corrected chi connectivity index (χ3v) is 5.77. The van der Waals surface area contributed by atoms with Crippen LogP contribution in [0.1, 0.15) is 29.2 Å². The fourth-order valence-electron chi connectivity index (χ4n) is 3.10. The van der Waals surface area contributed by atoms with Crippen LogP contribution >= 0.6 is 11.3 Å². The Bertz CT molecular complexity index is 1230. The molecule has 7 heteroatoms. The topological polar surface area (TPSA) is 88.5 Å². The van der Waals surface area contributed by atoms with Gasteiger partial charge in [-0.1, -0.05) is 42.5 Å². The predicted octanol–water partition coefficient (Wildman–Crippen LogP) is 4.62. The minimum Gasteiger partial charge on any atom is -0.485 e. The lowest BCUT2D eigenvalue weighted by molar-refractivity contribution is -0.143. The fraction of sp³-hybridized carbons (Fsp3) is 0.174. The molecule has 0 saturated carbocycles. The highest BCUT2D eigenvalue weighted by Crippen LogP contribution is 2.32. The Balaban J connectivity index is 1.70. The van der Waals surface area contributed by atoms with Crippen LogP contribution in [0.4, 0.5) is 0 Å². The van der Waals surface area contributed by atoms with Crippen LogP contribution in [0, 0.1) is 0 Å². The number of hydrogen-bond acceptors (Lipinski definition) is 5. The maximum atomic E-state index is 12.9. The molecule has 0 bridgehead atoms. The van der Waals surface area contributed by atoms with Crippen molar-refractivity contribution in [3.05, 3.63) is 71.2 Å². The summed E-state index contributed by atoms with van der Waals surface area (Å²) in [5.41, 5.74) is -0.225. The van der Waals surface area contributed by atoms with Crippen molar-refractivity contribution in [1.82, 2.24) is 10.3 Å². The standard InChI is InChI=1S/C23H20N2O4S/c1-23(2,22(27)28)25-21(26)16-12-11-14-7-3-4-8-15(14)20(16)29-13-19-24-17-9-5-6-10-18(17)30-19/h3-12H,13H2,1-2H3,(H,25,26)(H,27,28). The SMILES string of the molecule is CC(C)(NC(=O)c1ccc2ccccc2c1OCc1nc2ccccc2s1)C(=O)O. The number of aromatic nitrogens is 1. The molecule has 0 unspecified atom stereocenters. The summed E-state index contributed by atoms with van der Waals surface area (Å²) in [6, 6.07) is 18.9. The average molecular weight is 420 g/mol. The summed E-state index contributed by atoms with van der Waals surface area (Å²) < 4.78 is 7.17. The molecule has 0 spiro atoms. The summed E-state index contributed by atoms with van der Waals surface area (Å²) in [6.45, 7) is 3.09. The third-order valence-electron chi connectivity index (χ3n) is 4.76. The molecule has 1 amide bonds. The Morgan fingerprint density at radius 3 is 2.57 bits per heavy atom. The summed E-state index contributed by atoms with van der Waals surface area (Å²) in [4.78, 5) is 28.9. The molecule has 1 aromatic heterocycles. The first kappa shape index (κ1) is 19.8. The largest absolute Gasteiger partial charge is 0.485 e. The van der Waals surface area contributed by atoms with E-state index in [9.17, 15) is 14.7 Å². The van der Waals surface area contributed by atoms with Gasteiger partial charge in [-0.15, -0.1) is 11.3 Å². The van der Waals surface area contributed by atoms with Gasteiger partial charge in [-0.05, 0) is 37.4 Å². The number of nitrogens with zero attached hydrogens (tertiary/aromatic N) is 1. The minimum absolute atomic E-state index is 0.204. The van der Waals surface area contributed by atoms with Crippen LogP contribution < -0.4 is 10.1 Å². The first-order valence-electron chi connectivity index (χ1n) is 9.40. The van der Waals surface area contributed by atoms with Gasteiger partial charge in [-0.2, -0.15) is 0 Å². The smallest absolute Gasteiger partial charge is 0.328 e. The number of aliphatic carboxylic acids is 1. The second-order valence-corrected chi connectivity index (χ2v) is 8.53. The first-order chi connectivity index (χ1) is 14.3. The van der Waals surface area contributed by atoms with E-state index in [1.54, 1.807) is 6.07 Å². The molecule has 0 aliphatic rings. The Kier molecular flexibility index (Phi) is 5.13. The van der Waals surface area contributed by atoms with Gasteiger partial charge in [0.1, 0.15) is 22.9 Å². The van der Waals surface area contributed by atoms with Crippen LogP contribution in [-0.2, 0) is 11.4 Å². The van der Waals surface area contributed by atoms with Crippen LogP contribution in [0.15, 0.2) is 60.7 Å². The highest BCUT2D eigenvalue weighted by Gasteiger charge is 2.30. The van der Waals surface area contributed by atoms with Gasteiger partial charge in [0.25, 0.3) is 5.91 Å². The number of benzene rings is 3. The van der Waals surface area contributed by atoms with Gasteiger partial charge in [0, 0.05) is 5.39 Å². The van der Waals surface area contributed by atoms with Gasteiger partial charge in [-0.3, -0.25) is 4.79 Å². The Labute approximate surface area is 177 Å². The van der Waals surface area contributed by atoms with Crippen LogP contribution in [0.25, 0.3) is 21.0 Å². The van der Waals surface area contributed by atoms with E-state index in [-0.39, 0.29) is 12.2 Å². The number of fused-ring (bicyclic) bond motifs is 2. The van der Waals surface area contributed by atoms with Crippen molar-refractivity contribution in [1.29, 1.82) is 0 Å². The van der Waals surface area contributed by atoms with Crippen LogP contribution in [-0.4, -0.2) is 27.5 Å². The van der Waals surface area contributed by atoms with Gasteiger partial charge in [0.15, 0.2) is 0 Å². The molecule has 0 fully saturated rings. The summed E-state index contributed by atoms with van der Waals surface area (Å²) in [5.74, 6) is -1.22. The number of carboxylic acid groups (broad SMARTS) is 1. The molecule has 0 radical (unpaired) electrons. The molecule has 0 aliphatic carbocycles. The number of carbonyl (C=O) groups excluding carboxylic acids is 1. The first-order valence-corrected chi connectivity index (χ1v) is 10.2. The van der Waals surface area contributed by atoms with E-state index < -0.39 is 17.4 Å². The van der Waals surface area contributed by atoms with E-state index in [2.05, 4.69) is 10.3 Å². The van der Waals surface area contributed by atoms with Gasteiger partial charge < -0.3 is 15.2 Å². The molecule has 1 heterocycles. The van der Waals surface area contributed by atoms with Crippen molar-refractivity contribution in [3.63, 3.8) is 0 Å². The predicted molar refractivity (Wildman–Crippen MR) is 117 cm³/mol. The van der Waals surface area contributed by atoms with E-state index >= 15 is 0 Å². The highest BCUT2D eigenvalue weighted by atomic mass is 32.1. The summed E-state index contributed by atoms with van der Waals surface area (Å²) in [7, 11) is 0. The maximum Gasteiger partial charge on any atom is 0.328 e. The summed E-state index contributed by atoms with van der Waals surface area (Å²) in [6.07, 6.45) is 0. The molecular weight excluding hydrogens is 400 g/mol. The second kappa shape index (κ2) is 7.76. The van der Waals surface area contributed by atoms with Crippen molar-refractivity contribution < 1.29 is 19.4 Å². The number of thiazole rings is 1. The molecule has 3 aromatic carbocycles. The molecule has 0 atom stereocenters. The van der Waals surface area contributed by atoms with Crippen molar-refractivity contribution in [2.24, 2.45) is 0 Å². The Morgan fingerprint density at radius 2 is 1.80 bits per heavy atom. The molecule has 0 saturated heterocycles. The van der Waals surface area contributed by atoms with E-state index in [0.717, 1.165) is 26.0 Å². The molecular formula is C23H20N2O4S. The summed E-state index contributed by atoms with van der Waals surface area (Å²) in [5, 5.41) is 14.4. The number of amides is 1. The number of ether oxygens (including phenoxy) is 1. The molecule has 2 N–H and O–H groups in total. The van der Waals surface area contributed by atoms with Crippen LogP contribution in [0.3, 0.4) is 0 Å². The quantitative estimate of drug-likeness (QED) is 0.475. The molecule has 0 aliphatic heterocycles. The van der Waals surface area contributed by atoms with E-state index in [4.69, 9.17) is 4.74 Å². The van der Waals surface area contributed by atoms with Gasteiger partial charge in [0.2, 0.25) is 0 Å². The van der Waals surface area contributed by atoms with E-state index in [1.807, 2.05) is 54.6 Å².